The molecule has 0 fully saturated rings. The van der Waals surface area contributed by atoms with Crippen molar-refractivity contribution in [2.75, 3.05) is 7.11 Å². The molecule has 1 heterocycles. The molecule has 5 atom stereocenters. The molecule has 1 rings (SSSR count). The molecule has 0 aromatic rings. The predicted molar refractivity (Wildman–Crippen MR) is 88.8 cm³/mol. The minimum absolute atomic E-state index is 0.212. The van der Waals surface area contributed by atoms with Gasteiger partial charge in [0.1, 0.15) is 6.10 Å². The number of methoxy groups -OCH3 is 1. The van der Waals surface area contributed by atoms with Gasteiger partial charge in [0.05, 0.1) is 17.8 Å². The van der Waals surface area contributed by atoms with Gasteiger partial charge in [-0.15, -0.1) is 0 Å². The monoisotopic (exact) mass is 324 g/mol. The summed E-state index contributed by atoms with van der Waals surface area (Å²) in [6, 6.07) is 0. The number of hydrogen-bond donors (Lipinski definition) is 2. The minimum atomic E-state index is -1.28. The lowest BCUT2D eigenvalue weighted by molar-refractivity contribution is -0.146. The highest BCUT2D eigenvalue weighted by atomic mass is 16.5. The van der Waals surface area contributed by atoms with Gasteiger partial charge in [0.2, 0.25) is 0 Å². The maximum Gasteiger partial charge on any atom is 0.330 e. The van der Waals surface area contributed by atoms with Crippen LogP contribution in [0.1, 0.15) is 34.1 Å². The van der Waals surface area contributed by atoms with Crippen LogP contribution in [0.5, 0.6) is 0 Å². The number of carbonyl (C=O) groups is 1. The van der Waals surface area contributed by atoms with Gasteiger partial charge in [-0.3, -0.25) is 0 Å². The van der Waals surface area contributed by atoms with Crippen LogP contribution >= 0.6 is 0 Å². The lowest BCUT2D eigenvalue weighted by atomic mass is 9.95. The van der Waals surface area contributed by atoms with Crippen LogP contribution in [-0.2, 0) is 14.3 Å². The Balaban J connectivity index is 3.13. The van der Waals surface area contributed by atoms with E-state index in [2.05, 4.69) is 0 Å². The zero-order valence-electron chi connectivity index (χ0n) is 14.5. The zero-order chi connectivity index (χ0) is 17.6. The number of aliphatic hydroxyl groups is 2. The van der Waals surface area contributed by atoms with E-state index in [1.165, 1.54) is 12.2 Å². The van der Waals surface area contributed by atoms with Crippen molar-refractivity contribution in [3.8, 4) is 0 Å². The molecule has 0 unspecified atom stereocenters. The van der Waals surface area contributed by atoms with Gasteiger partial charge in [-0.05, 0) is 38.8 Å². The predicted octanol–water partition coefficient (Wildman–Crippen LogP) is 2.14. The highest BCUT2D eigenvalue weighted by Crippen LogP contribution is 2.19. The van der Waals surface area contributed by atoms with E-state index in [4.69, 9.17) is 9.47 Å². The molecule has 0 bridgehead atoms. The van der Waals surface area contributed by atoms with E-state index >= 15 is 0 Å². The van der Waals surface area contributed by atoms with Crippen molar-refractivity contribution in [2.45, 2.75) is 58.0 Å². The second kappa shape index (κ2) is 8.43. The van der Waals surface area contributed by atoms with Crippen molar-refractivity contribution in [3.05, 3.63) is 36.0 Å². The van der Waals surface area contributed by atoms with Crippen molar-refractivity contribution < 1.29 is 24.5 Å². The van der Waals surface area contributed by atoms with Crippen LogP contribution in [0, 0.1) is 5.92 Å². The molecule has 0 aliphatic carbocycles. The van der Waals surface area contributed by atoms with Crippen LogP contribution in [0.15, 0.2) is 36.0 Å². The van der Waals surface area contributed by atoms with Gasteiger partial charge in [-0.1, -0.05) is 25.2 Å². The number of rotatable bonds is 1. The van der Waals surface area contributed by atoms with E-state index in [-0.39, 0.29) is 12.0 Å². The molecular weight excluding hydrogens is 296 g/mol. The Morgan fingerprint density at radius 3 is 2.61 bits per heavy atom. The summed E-state index contributed by atoms with van der Waals surface area (Å²) >= 11 is 0. The van der Waals surface area contributed by atoms with Crippen molar-refractivity contribution in [2.24, 2.45) is 5.92 Å². The van der Waals surface area contributed by atoms with Crippen molar-refractivity contribution in [1.82, 2.24) is 0 Å². The molecule has 1 aliphatic rings. The van der Waals surface area contributed by atoms with Crippen LogP contribution < -0.4 is 0 Å². The van der Waals surface area contributed by atoms with Gasteiger partial charge in [-0.2, -0.15) is 0 Å². The molecule has 0 radical (unpaired) electrons. The molecule has 5 heteroatoms. The Hall–Kier alpha value is -1.43. The summed E-state index contributed by atoms with van der Waals surface area (Å²) in [6.45, 7) is 7.07. The number of cyclic esters (lactones) is 1. The fraction of sp³-hybridized carbons (Fsp3) is 0.611. The Labute approximate surface area is 138 Å². The quantitative estimate of drug-likeness (QED) is 0.571. The Kier molecular flexibility index (Phi) is 7.19. The molecule has 2 N–H and O–H groups in total. The smallest absolute Gasteiger partial charge is 0.330 e. The first kappa shape index (κ1) is 19.6. The first-order chi connectivity index (χ1) is 10.7. The average molecular weight is 324 g/mol. The molecule has 5 nitrogen and oxygen atoms in total. The number of carbonyl (C=O) groups excluding carboxylic acids is 1. The average Bonchev–Trinajstić information content (AvgIpc) is 2.49. The molecule has 0 amide bonds. The molecule has 130 valence electrons. The summed E-state index contributed by atoms with van der Waals surface area (Å²) in [5.41, 5.74) is -0.342. The number of esters is 1. The lowest BCUT2D eigenvalue weighted by Gasteiger charge is -2.25. The second-order valence-corrected chi connectivity index (χ2v) is 6.33. The minimum Gasteiger partial charge on any atom is -0.459 e. The highest BCUT2D eigenvalue weighted by molar-refractivity contribution is 5.82. The number of ether oxygens (including phenoxy) is 2. The number of aliphatic hydroxyl groups excluding tert-OH is 1. The maximum absolute atomic E-state index is 11.8. The standard InChI is InChI=1S/C18H28O5/c1-12-6-7-15(19)13(2)14(3)23-17(20)9-11-18(4,21)10-8-16(12)22-5/h6,8-11,13-16,19,21H,7H2,1-5H3/b10-8+,11-9+,12-6+/t13-,14-,15-,16+,18-/m1/s1. The molecule has 1 aliphatic heterocycles. The van der Waals surface area contributed by atoms with E-state index in [1.54, 1.807) is 33.1 Å². The van der Waals surface area contributed by atoms with Crippen molar-refractivity contribution >= 4 is 5.97 Å². The van der Waals surface area contributed by atoms with Gasteiger partial charge in [0.25, 0.3) is 0 Å². The third-order valence-corrected chi connectivity index (χ3v) is 4.20. The third kappa shape index (κ3) is 6.29. The molecule has 0 saturated heterocycles. The second-order valence-electron chi connectivity index (χ2n) is 6.33. The molecule has 0 aromatic carbocycles. The van der Waals surface area contributed by atoms with Crippen LogP contribution in [0.4, 0.5) is 0 Å². The summed E-state index contributed by atoms with van der Waals surface area (Å²) in [6.07, 6.45) is 6.86. The molecule has 23 heavy (non-hydrogen) atoms. The van der Waals surface area contributed by atoms with Crippen LogP contribution in [0.25, 0.3) is 0 Å². The number of hydrogen-bond acceptors (Lipinski definition) is 5. The zero-order valence-corrected chi connectivity index (χ0v) is 14.5. The lowest BCUT2D eigenvalue weighted by Crippen LogP contribution is -2.31. The normalized spacial score (nSPS) is 42.0. The SMILES string of the molecule is CO[C@H]1/C=C/[C@@](C)(O)/C=C/C(=O)O[C@H](C)[C@@H](C)[C@H](O)C/C=C/1C. The van der Waals surface area contributed by atoms with E-state index in [1.807, 2.05) is 19.9 Å². The largest absolute Gasteiger partial charge is 0.459 e. The highest BCUT2D eigenvalue weighted by Gasteiger charge is 2.24. The summed E-state index contributed by atoms with van der Waals surface area (Å²) in [4.78, 5) is 11.8. The van der Waals surface area contributed by atoms with E-state index in [0.717, 1.165) is 5.57 Å². The van der Waals surface area contributed by atoms with Crippen LogP contribution in [0.2, 0.25) is 0 Å². The Bertz CT molecular complexity index is 490. The fourth-order valence-electron chi connectivity index (χ4n) is 2.27. The summed E-state index contributed by atoms with van der Waals surface area (Å²) < 4.78 is 10.7. The molecular formula is C18H28O5. The van der Waals surface area contributed by atoms with E-state index < -0.39 is 23.8 Å². The Morgan fingerprint density at radius 1 is 1.35 bits per heavy atom. The summed E-state index contributed by atoms with van der Waals surface area (Å²) in [5, 5.41) is 20.5. The van der Waals surface area contributed by atoms with Gasteiger partial charge < -0.3 is 19.7 Å². The van der Waals surface area contributed by atoms with Gasteiger partial charge in [-0.25, -0.2) is 4.79 Å². The third-order valence-electron chi connectivity index (χ3n) is 4.20. The fourth-order valence-corrected chi connectivity index (χ4v) is 2.27. The first-order valence-electron chi connectivity index (χ1n) is 7.85. The molecule has 0 aromatic heterocycles. The summed E-state index contributed by atoms with van der Waals surface area (Å²) in [5.74, 6) is -0.756. The van der Waals surface area contributed by atoms with Gasteiger partial charge in [0.15, 0.2) is 0 Å². The Morgan fingerprint density at radius 2 is 2.00 bits per heavy atom. The summed E-state index contributed by atoms with van der Waals surface area (Å²) in [7, 11) is 1.58. The van der Waals surface area contributed by atoms with E-state index in [9.17, 15) is 15.0 Å². The maximum atomic E-state index is 11.8. The molecule has 0 saturated carbocycles. The van der Waals surface area contributed by atoms with Gasteiger partial charge in [0, 0.05) is 19.1 Å². The van der Waals surface area contributed by atoms with E-state index in [0.29, 0.717) is 6.42 Å². The first-order valence-corrected chi connectivity index (χ1v) is 7.85. The van der Waals surface area contributed by atoms with Crippen LogP contribution in [0.3, 0.4) is 0 Å². The topological polar surface area (TPSA) is 76.0 Å². The van der Waals surface area contributed by atoms with Crippen molar-refractivity contribution in [1.29, 1.82) is 0 Å². The van der Waals surface area contributed by atoms with Crippen molar-refractivity contribution in [3.63, 3.8) is 0 Å². The van der Waals surface area contributed by atoms with Crippen LogP contribution in [-0.4, -0.2) is 47.2 Å². The molecule has 0 spiro atoms. The van der Waals surface area contributed by atoms with Gasteiger partial charge >= 0.3 is 5.97 Å².